The zero-order valence-corrected chi connectivity index (χ0v) is 48.6. The van der Waals surface area contributed by atoms with Crippen molar-refractivity contribution in [3.8, 4) is 22.7 Å². The van der Waals surface area contributed by atoms with Crippen molar-refractivity contribution < 1.29 is 8.83 Å². The van der Waals surface area contributed by atoms with E-state index in [4.69, 9.17) is 8.83 Å². The second-order valence-electron chi connectivity index (χ2n) is 24.1. The molecule has 0 saturated carbocycles. The molecule has 0 aliphatic heterocycles. The fraction of sp³-hybridized carbons (Fsp3) is 0.0370. The number of furan rings is 2. The highest BCUT2D eigenvalue weighted by Crippen LogP contribution is 2.45. The lowest BCUT2D eigenvalue weighted by Crippen LogP contribution is -2.54. The van der Waals surface area contributed by atoms with Gasteiger partial charge in [0.1, 0.15) is 22.3 Å². The summed E-state index contributed by atoms with van der Waals surface area (Å²) in [6.45, 7) is 6.75. The van der Waals surface area contributed by atoms with E-state index in [0.717, 1.165) is 88.7 Å². The summed E-state index contributed by atoms with van der Waals surface area (Å²) in [6, 6.07) is 98.4. The van der Waals surface area contributed by atoms with Crippen LogP contribution in [0.3, 0.4) is 0 Å². The topological polar surface area (TPSA) is 46.0 Å². The SMILES string of the molecule is Cc1cc(C)c(B(c2ccc(-n3c4ccccc4c4ccc5c(c6ccccc6n5-c5ccc6oc7ccccc7c6c5)c43)cc2)c2ccc(-n3c4ccccc4c4ccc5c(c6ccccc6n5-c5ccc6oc7ccccc7c6c5)c43)cc2)c(C)c1. The molecule has 0 radical (unpaired) electrons. The minimum atomic E-state index is -0.0382. The van der Waals surface area contributed by atoms with Gasteiger partial charge in [-0.15, -0.1) is 0 Å². The maximum atomic E-state index is 6.32. The zero-order chi connectivity index (χ0) is 58.0. The highest BCUT2D eigenvalue weighted by atomic mass is 16.3. The number of benzene rings is 13. The average molecular weight is 1130 g/mol. The van der Waals surface area contributed by atoms with E-state index in [1.807, 2.05) is 12.1 Å². The summed E-state index contributed by atoms with van der Waals surface area (Å²) in [4.78, 5) is 0. The Kier molecular flexibility index (Phi) is 10.2. The van der Waals surface area contributed by atoms with Crippen LogP contribution in [0.15, 0.2) is 276 Å². The predicted molar refractivity (Wildman–Crippen MR) is 370 cm³/mol. The molecule has 0 spiro atoms. The van der Waals surface area contributed by atoms with Crippen molar-refractivity contribution in [2.24, 2.45) is 0 Å². The summed E-state index contributed by atoms with van der Waals surface area (Å²) >= 11 is 0. The molecule has 0 atom stereocenters. The molecule has 0 aliphatic carbocycles. The normalized spacial score (nSPS) is 12.3. The molecule has 19 aromatic rings. The molecule has 412 valence electrons. The maximum Gasteiger partial charge on any atom is 0.241 e. The Bertz CT molecular complexity index is 5790. The van der Waals surface area contributed by atoms with E-state index in [2.05, 4.69) is 294 Å². The van der Waals surface area contributed by atoms with Crippen LogP contribution in [0.25, 0.3) is 154 Å². The molecule has 13 aromatic carbocycles. The first-order valence-corrected chi connectivity index (χ1v) is 30.4. The molecule has 6 heterocycles. The van der Waals surface area contributed by atoms with Crippen LogP contribution in [-0.4, -0.2) is 25.0 Å². The van der Waals surface area contributed by atoms with E-state index in [-0.39, 0.29) is 6.71 Å². The van der Waals surface area contributed by atoms with E-state index in [0.29, 0.717) is 0 Å². The second-order valence-corrected chi connectivity index (χ2v) is 24.1. The average Bonchev–Trinajstić information content (AvgIpc) is 1.59. The zero-order valence-electron chi connectivity index (χ0n) is 48.6. The number of hydrogen-bond donors (Lipinski definition) is 0. The van der Waals surface area contributed by atoms with Crippen LogP contribution in [-0.2, 0) is 0 Å². The molecule has 6 aromatic heterocycles. The molecule has 0 bridgehead atoms. The van der Waals surface area contributed by atoms with Crippen molar-refractivity contribution in [2.45, 2.75) is 20.8 Å². The van der Waals surface area contributed by atoms with Crippen molar-refractivity contribution in [3.63, 3.8) is 0 Å². The Morgan fingerprint density at radius 3 is 1.05 bits per heavy atom. The summed E-state index contributed by atoms with van der Waals surface area (Å²) < 4.78 is 22.5. The van der Waals surface area contributed by atoms with Gasteiger partial charge in [0.2, 0.25) is 6.71 Å². The summed E-state index contributed by atoms with van der Waals surface area (Å²) in [5.41, 5.74) is 25.1. The number of fused-ring (bicyclic) bond motifs is 20. The third-order valence-electron chi connectivity index (χ3n) is 19.2. The van der Waals surface area contributed by atoms with Crippen LogP contribution in [0.5, 0.6) is 0 Å². The van der Waals surface area contributed by atoms with Gasteiger partial charge >= 0.3 is 0 Å². The number of aromatic nitrogens is 4. The van der Waals surface area contributed by atoms with Crippen LogP contribution < -0.4 is 16.4 Å². The fourth-order valence-corrected chi connectivity index (χ4v) is 15.6. The number of para-hydroxylation sites is 6. The highest BCUT2D eigenvalue weighted by Gasteiger charge is 2.28. The van der Waals surface area contributed by atoms with Gasteiger partial charge in [0.05, 0.1) is 44.1 Å². The van der Waals surface area contributed by atoms with Gasteiger partial charge in [0, 0.05) is 87.4 Å². The fourth-order valence-electron chi connectivity index (χ4n) is 15.6. The molecular formula is C81H53BN4O2. The van der Waals surface area contributed by atoms with Gasteiger partial charge in [-0.2, -0.15) is 0 Å². The second kappa shape index (κ2) is 18.4. The first-order valence-electron chi connectivity index (χ1n) is 30.4. The number of nitrogens with zero attached hydrogens (tertiary/aromatic N) is 4. The molecule has 0 fully saturated rings. The standard InChI is InChI=1S/C81H53BN4O2/c1-48-44-49(2)79(50(3)45-48)82(51-28-32-53(33-29-51)85-67-22-10-4-16-57(67)61-38-40-71-77(80(61)85)63-20-6-12-24-69(63)83(71)55-36-42-75-65(46-55)59-18-8-14-26-73(59)87-75)52-30-34-54(35-31-52)86-68-23-11-5-17-58(68)62-39-41-72-78(81(62)86)64-21-7-13-25-70(64)84(72)56-37-43-76-66(47-56)60-19-9-15-27-74(60)88-76/h4-47H,1-3H3. The summed E-state index contributed by atoms with van der Waals surface area (Å²) in [6.07, 6.45) is 0. The highest BCUT2D eigenvalue weighted by molar-refractivity contribution is 6.96. The molecular weight excluding hydrogens is 1070 g/mol. The molecule has 0 N–H and O–H groups in total. The summed E-state index contributed by atoms with van der Waals surface area (Å²) in [5, 5.41) is 14.3. The van der Waals surface area contributed by atoms with E-state index < -0.39 is 0 Å². The quantitative estimate of drug-likeness (QED) is 0.149. The molecule has 0 saturated heterocycles. The number of hydrogen-bond acceptors (Lipinski definition) is 2. The third kappa shape index (κ3) is 6.89. The maximum absolute atomic E-state index is 6.32. The molecule has 0 aliphatic rings. The minimum absolute atomic E-state index is 0.0382. The lowest BCUT2D eigenvalue weighted by molar-refractivity contribution is 0.668. The van der Waals surface area contributed by atoms with E-state index >= 15 is 0 Å². The Hall–Kier alpha value is -11.3. The number of rotatable bonds is 7. The minimum Gasteiger partial charge on any atom is -0.456 e. The summed E-state index contributed by atoms with van der Waals surface area (Å²) in [5.74, 6) is 0. The molecule has 0 unspecified atom stereocenters. The van der Waals surface area contributed by atoms with Crippen molar-refractivity contribution in [3.05, 3.63) is 284 Å². The van der Waals surface area contributed by atoms with Crippen LogP contribution in [0.4, 0.5) is 0 Å². The van der Waals surface area contributed by atoms with Gasteiger partial charge in [0.15, 0.2) is 0 Å². The number of aryl methyl sites for hydroxylation is 3. The smallest absolute Gasteiger partial charge is 0.241 e. The monoisotopic (exact) mass is 1120 g/mol. The van der Waals surface area contributed by atoms with Crippen molar-refractivity contribution >= 4 is 154 Å². The lowest BCUT2D eigenvalue weighted by Gasteiger charge is -2.22. The van der Waals surface area contributed by atoms with Gasteiger partial charge in [-0.1, -0.05) is 191 Å². The molecule has 0 amide bonds. The molecule has 7 heteroatoms. The van der Waals surface area contributed by atoms with Gasteiger partial charge in [0.25, 0.3) is 0 Å². The molecule has 88 heavy (non-hydrogen) atoms. The largest absolute Gasteiger partial charge is 0.456 e. The van der Waals surface area contributed by atoms with E-state index in [1.54, 1.807) is 0 Å². The predicted octanol–water partition coefficient (Wildman–Crippen LogP) is 19.3. The first-order chi connectivity index (χ1) is 43.4. The Morgan fingerprint density at radius 1 is 0.261 bits per heavy atom. The van der Waals surface area contributed by atoms with Crippen LogP contribution >= 0.6 is 0 Å². The Balaban J connectivity index is 0.773. The van der Waals surface area contributed by atoms with Crippen molar-refractivity contribution in [1.29, 1.82) is 0 Å². The van der Waals surface area contributed by atoms with Gasteiger partial charge in [-0.05, 0) is 130 Å². The van der Waals surface area contributed by atoms with Gasteiger partial charge < -0.3 is 27.1 Å². The van der Waals surface area contributed by atoms with Gasteiger partial charge in [-0.3, -0.25) is 0 Å². The van der Waals surface area contributed by atoms with Crippen LogP contribution in [0.2, 0.25) is 0 Å². The third-order valence-corrected chi connectivity index (χ3v) is 19.2. The Morgan fingerprint density at radius 2 is 0.614 bits per heavy atom. The van der Waals surface area contributed by atoms with Gasteiger partial charge in [-0.25, -0.2) is 0 Å². The summed E-state index contributed by atoms with van der Waals surface area (Å²) in [7, 11) is 0. The van der Waals surface area contributed by atoms with E-state index in [9.17, 15) is 0 Å². The van der Waals surface area contributed by atoms with E-state index in [1.165, 1.54) is 98.2 Å². The first kappa shape index (κ1) is 49.0. The molecule has 19 rings (SSSR count). The van der Waals surface area contributed by atoms with Crippen molar-refractivity contribution in [1.82, 2.24) is 18.3 Å². The lowest BCUT2D eigenvalue weighted by atomic mass is 9.35. The molecule has 6 nitrogen and oxygen atoms in total. The van der Waals surface area contributed by atoms with Crippen LogP contribution in [0.1, 0.15) is 16.7 Å². The van der Waals surface area contributed by atoms with Crippen LogP contribution in [0, 0.1) is 20.8 Å². The van der Waals surface area contributed by atoms with Crippen molar-refractivity contribution in [2.75, 3.05) is 0 Å². The Labute approximate surface area is 505 Å².